The molecule has 0 saturated carbocycles. The minimum atomic E-state index is -0.329. The van der Waals surface area contributed by atoms with Crippen LogP contribution in [-0.4, -0.2) is 36.1 Å². The molecule has 0 unspecified atom stereocenters. The highest BCUT2D eigenvalue weighted by atomic mass is 16.6. The molecule has 0 aliphatic heterocycles. The molecule has 8 nitrogen and oxygen atoms in total. The number of carbonyl (C=O) groups is 4. The number of benzene rings is 4. The molecule has 0 fully saturated rings. The highest BCUT2D eigenvalue weighted by molar-refractivity contribution is 5.91. The lowest BCUT2D eigenvalue weighted by molar-refractivity contribution is -0.134. The van der Waals surface area contributed by atoms with Crippen LogP contribution in [0.5, 0.6) is 11.5 Å². The van der Waals surface area contributed by atoms with Crippen LogP contribution in [0.25, 0.3) is 22.3 Å². The van der Waals surface area contributed by atoms with Gasteiger partial charge in [-0.15, -0.1) is 0 Å². The van der Waals surface area contributed by atoms with Crippen LogP contribution < -0.4 is 9.47 Å². The van der Waals surface area contributed by atoms with E-state index in [1.807, 2.05) is 62.4 Å². The number of hydrogen-bond acceptors (Lipinski definition) is 8. The Bertz CT molecular complexity index is 1680. The van der Waals surface area contributed by atoms with Crippen LogP contribution in [0, 0.1) is 0 Å². The van der Waals surface area contributed by atoms with Crippen LogP contribution >= 0.6 is 0 Å². The van der Waals surface area contributed by atoms with Crippen molar-refractivity contribution in [3.8, 4) is 33.8 Å². The first kappa shape index (κ1) is 44.5. The molecule has 4 aromatic rings. The van der Waals surface area contributed by atoms with Crippen molar-refractivity contribution in [2.24, 2.45) is 0 Å². The number of hydrogen-bond donors (Lipinski definition) is 0. The van der Waals surface area contributed by atoms with Gasteiger partial charge in [-0.1, -0.05) is 107 Å². The van der Waals surface area contributed by atoms with Crippen molar-refractivity contribution in [1.29, 1.82) is 0 Å². The Morgan fingerprint density at radius 2 is 0.737 bits per heavy atom. The van der Waals surface area contributed by atoms with E-state index in [-0.39, 0.29) is 48.9 Å². The lowest BCUT2D eigenvalue weighted by Crippen LogP contribution is -2.15. The van der Waals surface area contributed by atoms with Crippen LogP contribution in [0.4, 0.5) is 0 Å². The highest BCUT2D eigenvalue weighted by Gasteiger charge is 2.14. The molecule has 0 aliphatic carbocycles. The van der Waals surface area contributed by atoms with E-state index in [4.69, 9.17) is 18.9 Å². The molecule has 0 amide bonds. The van der Waals surface area contributed by atoms with Crippen molar-refractivity contribution in [3.05, 3.63) is 108 Å². The zero-order valence-corrected chi connectivity index (χ0v) is 34.3. The molecule has 4 rings (SSSR count). The van der Waals surface area contributed by atoms with Gasteiger partial charge in [0.25, 0.3) is 0 Å². The number of carbonyl (C=O) groups excluding carboxylic acids is 4. The number of unbranched alkanes of at least 4 members (excludes halogenated alkanes) is 8. The Kier molecular flexibility index (Phi) is 19.0. The van der Waals surface area contributed by atoms with E-state index in [2.05, 4.69) is 13.8 Å². The molecule has 0 aliphatic rings. The average molecular weight is 777 g/mol. The second-order valence-electron chi connectivity index (χ2n) is 14.8. The third-order valence-electron chi connectivity index (χ3n) is 9.89. The van der Waals surface area contributed by atoms with E-state index in [0.717, 1.165) is 60.8 Å². The van der Waals surface area contributed by atoms with Crippen LogP contribution in [0.3, 0.4) is 0 Å². The number of esters is 4. The molecular formula is C49H60O8. The minimum Gasteiger partial charge on any atom is -0.459 e. The van der Waals surface area contributed by atoms with E-state index < -0.39 is 0 Å². The number of rotatable bonds is 24. The fraction of sp³-hybridized carbons (Fsp3) is 0.429. The van der Waals surface area contributed by atoms with Gasteiger partial charge >= 0.3 is 23.9 Å². The minimum absolute atomic E-state index is 0.110. The van der Waals surface area contributed by atoms with Gasteiger partial charge in [-0.3, -0.25) is 9.59 Å². The Morgan fingerprint density at radius 3 is 1.07 bits per heavy atom. The van der Waals surface area contributed by atoms with Crippen molar-refractivity contribution in [1.82, 2.24) is 0 Å². The average Bonchev–Trinajstić information content (AvgIpc) is 3.21. The van der Waals surface area contributed by atoms with Gasteiger partial charge in [0, 0.05) is 12.8 Å². The van der Waals surface area contributed by atoms with Crippen molar-refractivity contribution in [2.75, 3.05) is 0 Å². The first-order chi connectivity index (χ1) is 27.6. The predicted molar refractivity (Wildman–Crippen MR) is 225 cm³/mol. The lowest BCUT2D eigenvalue weighted by atomic mass is 10.0. The van der Waals surface area contributed by atoms with Crippen LogP contribution in [0.15, 0.2) is 97.1 Å². The fourth-order valence-corrected chi connectivity index (χ4v) is 6.45. The first-order valence-electron chi connectivity index (χ1n) is 20.9. The summed E-state index contributed by atoms with van der Waals surface area (Å²) in [4.78, 5) is 50.0. The monoisotopic (exact) mass is 776 g/mol. The summed E-state index contributed by atoms with van der Waals surface area (Å²) in [5.74, 6) is -0.361. The Balaban J connectivity index is 1.10. The van der Waals surface area contributed by atoms with E-state index >= 15 is 0 Å². The summed E-state index contributed by atoms with van der Waals surface area (Å²) in [6, 6.07) is 29.2. The van der Waals surface area contributed by atoms with Gasteiger partial charge in [0.15, 0.2) is 0 Å². The maximum atomic E-state index is 12.6. The molecule has 57 heavy (non-hydrogen) atoms. The second-order valence-corrected chi connectivity index (χ2v) is 14.8. The molecule has 8 heteroatoms. The van der Waals surface area contributed by atoms with Gasteiger partial charge in [-0.05, 0) is 123 Å². The topological polar surface area (TPSA) is 105 Å². The zero-order chi connectivity index (χ0) is 40.8. The van der Waals surface area contributed by atoms with Crippen LogP contribution in [0.2, 0.25) is 0 Å². The molecule has 4 aromatic carbocycles. The van der Waals surface area contributed by atoms with Gasteiger partial charge in [-0.25, -0.2) is 9.59 Å². The summed E-state index contributed by atoms with van der Waals surface area (Å²) in [5, 5.41) is 0. The van der Waals surface area contributed by atoms with Gasteiger partial charge in [0.2, 0.25) is 0 Å². The molecule has 0 heterocycles. The second kappa shape index (κ2) is 24.4. The molecule has 0 aromatic heterocycles. The molecule has 0 radical (unpaired) electrons. The quantitative estimate of drug-likeness (QED) is 0.0393. The van der Waals surface area contributed by atoms with Crippen LogP contribution in [0.1, 0.15) is 145 Å². The van der Waals surface area contributed by atoms with Gasteiger partial charge in [-0.2, -0.15) is 0 Å². The molecule has 0 spiro atoms. The van der Waals surface area contributed by atoms with Crippen molar-refractivity contribution >= 4 is 23.9 Å². The Morgan fingerprint density at radius 1 is 0.421 bits per heavy atom. The highest BCUT2D eigenvalue weighted by Crippen LogP contribution is 2.26. The SMILES string of the molecule is CCCCCC[C@H](C)OC(=O)c1ccc(-c2ccc(OC(=O)CCCCCC(=O)Oc3ccc(-c4ccc(C(=O)O[C@@H](C)CCCCCC)cc4)cc3)cc2)cc1. The summed E-state index contributed by atoms with van der Waals surface area (Å²) < 4.78 is 22.3. The summed E-state index contributed by atoms with van der Waals surface area (Å²) in [5.41, 5.74) is 4.79. The van der Waals surface area contributed by atoms with E-state index in [9.17, 15) is 19.2 Å². The zero-order valence-electron chi connectivity index (χ0n) is 34.3. The molecular weight excluding hydrogens is 717 g/mol. The molecule has 0 bridgehead atoms. The van der Waals surface area contributed by atoms with E-state index in [1.165, 1.54) is 25.7 Å². The van der Waals surface area contributed by atoms with Gasteiger partial charge in [0.05, 0.1) is 23.3 Å². The first-order valence-corrected chi connectivity index (χ1v) is 20.9. The maximum absolute atomic E-state index is 12.6. The van der Waals surface area contributed by atoms with Gasteiger partial charge < -0.3 is 18.9 Å². The largest absolute Gasteiger partial charge is 0.459 e. The summed E-state index contributed by atoms with van der Waals surface area (Å²) in [6.45, 7) is 8.24. The lowest BCUT2D eigenvalue weighted by Gasteiger charge is -2.13. The maximum Gasteiger partial charge on any atom is 0.338 e. The van der Waals surface area contributed by atoms with Crippen molar-refractivity contribution < 1.29 is 38.1 Å². The summed E-state index contributed by atoms with van der Waals surface area (Å²) >= 11 is 0. The molecule has 0 N–H and O–H groups in total. The Hall–Kier alpha value is -5.24. The molecule has 2 atom stereocenters. The summed E-state index contributed by atoms with van der Waals surface area (Å²) in [7, 11) is 0. The summed E-state index contributed by atoms with van der Waals surface area (Å²) in [6.07, 6.45) is 13.1. The fourth-order valence-electron chi connectivity index (χ4n) is 6.45. The third kappa shape index (κ3) is 16.0. The predicted octanol–water partition coefficient (Wildman–Crippen LogP) is 12.5. The normalized spacial score (nSPS) is 12.0. The van der Waals surface area contributed by atoms with Crippen molar-refractivity contribution in [2.45, 2.75) is 136 Å². The van der Waals surface area contributed by atoms with Crippen LogP contribution in [-0.2, 0) is 19.1 Å². The van der Waals surface area contributed by atoms with E-state index in [1.54, 1.807) is 48.5 Å². The number of ether oxygens (including phenoxy) is 4. The molecule has 304 valence electrons. The Labute approximate surface area is 339 Å². The van der Waals surface area contributed by atoms with E-state index in [0.29, 0.717) is 41.9 Å². The smallest absolute Gasteiger partial charge is 0.338 e. The standard InChI is InChI=1S/C49H60O8/c1-5-7-9-12-16-36(3)54-48(52)42-24-20-38(21-25-42)40-28-32-44(33-29-40)56-46(50)18-14-11-15-19-47(51)57-45-34-30-41(31-35-45)39-22-26-43(27-23-39)49(53)55-37(4)17-13-10-8-6-2/h20-37H,5-19H2,1-4H3/t36-,37-/m0/s1. The van der Waals surface area contributed by atoms with Gasteiger partial charge in [0.1, 0.15) is 11.5 Å². The third-order valence-corrected chi connectivity index (χ3v) is 9.89. The van der Waals surface area contributed by atoms with Crippen molar-refractivity contribution in [3.63, 3.8) is 0 Å². The molecule has 0 saturated heterocycles.